The molecular formula is C11H7BrFNO2. The zero-order valence-electron chi connectivity index (χ0n) is 8.33. The Hall–Kier alpha value is -1.49. The molecular weight excluding hydrogens is 277 g/mol. The molecule has 0 aliphatic heterocycles. The summed E-state index contributed by atoms with van der Waals surface area (Å²) in [6, 6.07) is 4.25. The van der Waals surface area contributed by atoms with E-state index in [9.17, 15) is 14.0 Å². The Kier molecular flexibility index (Phi) is 2.63. The Morgan fingerprint density at radius 2 is 2.12 bits per heavy atom. The molecule has 0 amide bonds. The van der Waals surface area contributed by atoms with Gasteiger partial charge in [0, 0.05) is 17.3 Å². The Labute approximate surface area is 98.6 Å². The second kappa shape index (κ2) is 3.83. The number of aromatic nitrogens is 1. The van der Waals surface area contributed by atoms with Crippen molar-refractivity contribution in [3.8, 4) is 0 Å². The largest absolute Gasteiger partial charge is 0.294 e. The van der Waals surface area contributed by atoms with Gasteiger partial charge in [-0.2, -0.15) is 0 Å². The molecule has 2 rings (SSSR count). The van der Waals surface area contributed by atoms with E-state index in [1.165, 1.54) is 19.1 Å². The number of nitrogens with zero attached hydrogens (tertiary/aromatic N) is 1. The first-order valence-corrected chi connectivity index (χ1v) is 5.31. The van der Waals surface area contributed by atoms with Crippen molar-refractivity contribution in [2.45, 2.75) is 6.92 Å². The van der Waals surface area contributed by atoms with Gasteiger partial charge >= 0.3 is 0 Å². The van der Waals surface area contributed by atoms with Crippen molar-refractivity contribution in [3.05, 3.63) is 50.6 Å². The van der Waals surface area contributed by atoms with Crippen LogP contribution in [0.15, 0.2) is 33.7 Å². The van der Waals surface area contributed by atoms with Gasteiger partial charge in [-0.25, -0.2) is 4.39 Å². The Morgan fingerprint density at radius 3 is 2.75 bits per heavy atom. The fourth-order valence-corrected chi connectivity index (χ4v) is 2.05. The van der Waals surface area contributed by atoms with Gasteiger partial charge in [-0.1, -0.05) is 0 Å². The Bertz CT molecular complexity index is 648. The number of hydrogen-bond donors (Lipinski definition) is 0. The van der Waals surface area contributed by atoms with Crippen molar-refractivity contribution in [2.75, 3.05) is 0 Å². The van der Waals surface area contributed by atoms with Gasteiger partial charge in [0.15, 0.2) is 5.78 Å². The van der Waals surface area contributed by atoms with Crippen LogP contribution in [-0.2, 0) is 0 Å². The van der Waals surface area contributed by atoms with E-state index in [4.69, 9.17) is 0 Å². The second-order valence-corrected chi connectivity index (χ2v) is 4.17. The molecule has 5 heteroatoms. The minimum atomic E-state index is -0.503. The number of pyridine rings is 2. The van der Waals surface area contributed by atoms with E-state index >= 15 is 0 Å². The van der Waals surface area contributed by atoms with Crippen LogP contribution in [0, 0.1) is 5.82 Å². The van der Waals surface area contributed by atoms with Crippen LogP contribution in [0.2, 0.25) is 0 Å². The first-order chi connectivity index (χ1) is 7.50. The molecule has 0 bridgehead atoms. The fraction of sp³-hybridized carbons (Fsp3) is 0.0909. The smallest absolute Gasteiger partial charge is 0.270 e. The van der Waals surface area contributed by atoms with Gasteiger partial charge in [-0.05, 0) is 41.1 Å². The monoisotopic (exact) mass is 283 g/mol. The number of Topliss-reactive ketones (excluding diaryl/α,β-unsaturated/α-hetero) is 1. The normalized spacial score (nSPS) is 10.7. The van der Waals surface area contributed by atoms with Crippen LogP contribution >= 0.6 is 15.9 Å². The first-order valence-electron chi connectivity index (χ1n) is 4.52. The molecule has 2 aromatic heterocycles. The summed E-state index contributed by atoms with van der Waals surface area (Å²) in [5, 5.41) is 0. The maximum Gasteiger partial charge on any atom is 0.270 e. The van der Waals surface area contributed by atoms with Gasteiger partial charge < -0.3 is 0 Å². The lowest BCUT2D eigenvalue weighted by atomic mass is 10.1. The van der Waals surface area contributed by atoms with Gasteiger partial charge in [0.25, 0.3) is 5.56 Å². The number of carbonyl (C=O) groups excluding carboxylic acids is 1. The van der Waals surface area contributed by atoms with Crippen LogP contribution in [0.1, 0.15) is 17.3 Å². The Morgan fingerprint density at radius 1 is 1.44 bits per heavy atom. The molecule has 0 aliphatic carbocycles. The van der Waals surface area contributed by atoms with Crippen LogP contribution in [0.5, 0.6) is 0 Å². The molecule has 2 heterocycles. The highest BCUT2D eigenvalue weighted by atomic mass is 79.9. The third-order valence-electron chi connectivity index (χ3n) is 2.26. The minimum Gasteiger partial charge on any atom is -0.294 e. The quantitative estimate of drug-likeness (QED) is 0.754. The molecule has 16 heavy (non-hydrogen) atoms. The Balaban J connectivity index is 2.94. The average molecular weight is 284 g/mol. The molecule has 0 saturated heterocycles. The van der Waals surface area contributed by atoms with E-state index in [0.717, 1.165) is 10.6 Å². The lowest BCUT2D eigenvalue weighted by molar-refractivity contribution is 0.101. The van der Waals surface area contributed by atoms with E-state index in [2.05, 4.69) is 15.9 Å². The lowest BCUT2D eigenvalue weighted by Gasteiger charge is -2.05. The molecule has 0 saturated carbocycles. The zero-order chi connectivity index (χ0) is 11.9. The molecule has 0 unspecified atom stereocenters. The van der Waals surface area contributed by atoms with Crippen molar-refractivity contribution < 1.29 is 9.18 Å². The first kappa shape index (κ1) is 11.0. The van der Waals surface area contributed by atoms with E-state index < -0.39 is 11.4 Å². The third-order valence-corrected chi connectivity index (χ3v) is 3.02. The number of rotatable bonds is 1. The molecule has 0 aliphatic rings. The maximum atomic E-state index is 13.0. The van der Waals surface area contributed by atoms with Gasteiger partial charge in [-0.15, -0.1) is 0 Å². The summed E-state index contributed by atoms with van der Waals surface area (Å²) in [5.74, 6) is -0.715. The fourth-order valence-electron chi connectivity index (χ4n) is 1.47. The number of halogens is 2. The van der Waals surface area contributed by atoms with Crippen LogP contribution in [0.3, 0.4) is 0 Å². The van der Waals surface area contributed by atoms with Crippen molar-refractivity contribution in [1.29, 1.82) is 0 Å². The topological polar surface area (TPSA) is 38.5 Å². The summed E-state index contributed by atoms with van der Waals surface area (Å²) in [6.45, 7) is 1.37. The summed E-state index contributed by atoms with van der Waals surface area (Å²) >= 11 is 3.05. The maximum absolute atomic E-state index is 13.0. The summed E-state index contributed by atoms with van der Waals surface area (Å²) in [7, 11) is 0. The lowest BCUT2D eigenvalue weighted by Crippen LogP contribution is -2.17. The molecule has 0 spiro atoms. The second-order valence-electron chi connectivity index (χ2n) is 3.38. The summed E-state index contributed by atoms with van der Waals surface area (Å²) in [5.41, 5.74) is 0.346. The molecule has 0 atom stereocenters. The van der Waals surface area contributed by atoms with Crippen molar-refractivity contribution >= 4 is 27.2 Å². The van der Waals surface area contributed by atoms with E-state index in [-0.39, 0.29) is 10.3 Å². The highest BCUT2D eigenvalue weighted by Gasteiger charge is 2.11. The van der Waals surface area contributed by atoms with Crippen LogP contribution in [0.4, 0.5) is 4.39 Å². The predicted molar refractivity (Wildman–Crippen MR) is 61.3 cm³/mol. The van der Waals surface area contributed by atoms with Gasteiger partial charge in [-0.3, -0.25) is 14.0 Å². The van der Waals surface area contributed by atoms with Gasteiger partial charge in [0.05, 0.1) is 4.47 Å². The van der Waals surface area contributed by atoms with E-state index in [0.29, 0.717) is 11.1 Å². The molecule has 0 fully saturated rings. The number of carbonyl (C=O) groups is 1. The molecule has 3 nitrogen and oxygen atoms in total. The van der Waals surface area contributed by atoms with E-state index in [1.54, 1.807) is 6.07 Å². The number of hydrogen-bond acceptors (Lipinski definition) is 2. The summed E-state index contributed by atoms with van der Waals surface area (Å²) < 4.78 is 14.3. The highest BCUT2D eigenvalue weighted by Crippen LogP contribution is 2.15. The summed E-state index contributed by atoms with van der Waals surface area (Å²) in [6.07, 6.45) is 1.09. The van der Waals surface area contributed by atoms with Crippen molar-refractivity contribution in [2.24, 2.45) is 0 Å². The van der Waals surface area contributed by atoms with Crippen LogP contribution < -0.4 is 5.56 Å². The minimum absolute atomic E-state index is 0.156. The van der Waals surface area contributed by atoms with E-state index in [1.807, 2.05) is 0 Å². The molecule has 0 radical (unpaired) electrons. The third kappa shape index (κ3) is 1.67. The number of ketones is 1. The van der Waals surface area contributed by atoms with Crippen molar-refractivity contribution in [1.82, 2.24) is 4.40 Å². The molecule has 0 aromatic carbocycles. The van der Waals surface area contributed by atoms with Crippen LogP contribution in [0.25, 0.3) is 5.52 Å². The zero-order valence-corrected chi connectivity index (χ0v) is 9.92. The van der Waals surface area contributed by atoms with Crippen molar-refractivity contribution in [3.63, 3.8) is 0 Å². The SMILES string of the molecule is CC(=O)c1cc2ccc(F)cn2c(=O)c1Br. The molecule has 82 valence electrons. The van der Waals surface area contributed by atoms with Gasteiger partial charge in [0.1, 0.15) is 5.82 Å². The number of fused-ring (bicyclic) bond motifs is 1. The highest BCUT2D eigenvalue weighted by molar-refractivity contribution is 9.10. The standard InChI is InChI=1S/C11H7BrFNO2/c1-6(15)9-4-8-3-2-7(13)5-14(8)11(16)10(9)12/h2-5H,1H3. The molecule has 0 N–H and O–H groups in total. The molecule has 2 aromatic rings. The average Bonchev–Trinajstić information content (AvgIpc) is 2.23. The van der Waals surface area contributed by atoms with Crippen LogP contribution in [-0.4, -0.2) is 10.2 Å². The van der Waals surface area contributed by atoms with Gasteiger partial charge in [0.2, 0.25) is 0 Å². The summed E-state index contributed by atoms with van der Waals surface area (Å²) in [4.78, 5) is 23.1. The predicted octanol–water partition coefficient (Wildman–Crippen LogP) is 2.40.